The number of rotatable bonds is 4. The second kappa shape index (κ2) is 8.54. The Morgan fingerprint density at radius 2 is 1.54 bits per heavy atom. The number of benzene rings is 3. The van der Waals surface area contributed by atoms with Crippen LogP contribution in [0.5, 0.6) is 0 Å². The van der Waals surface area contributed by atoms with E-state index in [0.717, 1.165) is 44.5 Å². The first-order chi connectivity index (χ1) is 17.2. The summed E-state index contributed by atoms with van der Waals surface area (Å²) in [4.78, 5) is 25.1. The van der Waals surface area contributed by atoms with Crippen molar-refractivity contribution in [1.82, 2.24) is 19.5 Å². The van der Waals surface area contributed by atoms with Crippen LogP contribution in [0.3, 0.4) is 0 Å². The fraction of sp³-hybridized carbons (Fsp3) is 0.0333. The third-order valence-corrected chi connectivity index (χ3v) is 6.32. The van der Waals surface area contributed by atoms with Crippen LogP contribution in [0, 0.1) is 0 Å². The normalized spacial score (nSPS) is 11.1. The molecule has 0 spiro atoms. The fourth-order valence-electron chi connectivity index (χ4n) is 4.49. The zero-order chi connectivity index (χ0) is 23.8. The molecule has 1 N–H and O–H groups in total. The number of H-pyrrole nitrogens is 1. The predicted octanol–water partition coefficient (Wildman–Crippen LogP) is 6.32. The zero-order valence-corrected chi connectivity index (χ0v) is 19.1. The number of nitrogens with zero attached hydrogens (tertiary/aromatic N) is 3. The SMILES string of the molecule is Cn1c(-c2c[nH]ccc2=O)nc2c(-c3cccc(-c4ccc(-c5ccccc5)cn4)c3)cccc21. The molecule has 0 aliphatic heterocycles. The summed E-state index contributed by atoms with van der Waals surface area (Å²) in [5.74, 6) is 0.642. The van der Waals surface area contributed by atoms with Crippen molar-refractivity contribution in [2.24, 2.45) is 7.05 Å². The number of hydrogen-bond donors (Lipinski definition) is 1. The van der Waals surface area contributed by atoms with Crippen LogP contribution in [-0.4, -0.2) is 19.5 Å². The predicted molar refractivity (Wildman–Crippen MR) is 141 cm³/mol. The van der Waals surface area contributed by atoms with Crippen LogP contribution in [0.1, 0.15) is 0 Å². The quantitative estimate of drug-likeness (QED) is 0.339. The smallest absolute Gasteiger partial charge is 0.192 e. The second-order valence-electron chi connectivity index (χ2n) is 8.47. The molecule has 0 radical (unpaired) electrons. The van der Waals surface area contributed by atoms with E-state index in [4.69, 9.17) is 9.97 Å². The standard InChI is InChI=1S/C30H22N4O/c1-34-27-12-6-11-24(29(27)33-30(34)25-19-31-16-15-28(25)35)21-9-5-10-22(17-21)26-14-13-23(18-32-26)20-7-3-2-4-8-20/h2-19H,1H3,(H,31,35). The molecule has 35 heavy (non-hydrogen) atoms. The summed E-state index contributed by atoms with van der Waals surface area (Å²) in [7, 11) is 1.94. The van der Waals surface area contributed by atoms with Gasteiger partial charge in [0.1, 0.15) is 5.82 Å². The van der Waals surface area contributed by atoms with Crippen molar-refractivity contribution < 1.29 is 0 Å². The van der Waals surface area contributed by atoms with Crippen molar-refractivity contribution in [1.29, 1.82) is 0 Å². The molecule has 0 aliphatic rings. The highest BCUT2D eigenvalue weighted by Crippen LogP contribution is 2.33. The van der Waals surface area contributed by atoms with Crippen molar-refractivity contribution in [3.63, 3.8) is 0 Å². The molecule has 5 nitrogen and oxygen atoms in total. The van der Waals surface area contributed by atoms with E-state index >= 15 is 0 Å². The lowest BCUT2D eigenvalue weighted by Crippen LogP contribution is -2.06. The first kappa shape index (κ1) is 20.8. The van der Waals surface area contributed by atoms with Gasteiger partial charge in [0, 0.05) is 48.4 Å². The number of aromatic amines is 1. The Morgan fingerprint density at radius 1 is 0.743 bits per heavy atom. The Morgan fingerprint density at radius 3 is 2.34 bits per heavy atom. The van der Waals surface area contributed by atoms with Crippen LogP contribution in [0.4, 0.5) is 0 Å². The van der Waals surface area contributed by atoms with Crippen molar-refractivity contribution >= 4 is 11.0 Å². The maximum absolute atomic E-state index is 12.4. The van der Waals surface area contributed by atoms with Crippen molar-refractivity contribution in [3.05, 3.63) is 120 Å². The van der Waals surface area contributed by atoms with E-state index in [9.17, 15) is 4.79 Å². The molecule has 5 heteroatoms. The highest BCUT2D eigenvalue weighted by Gasteiger charge is 2.16. The van der Waals surface area contributed by atoms with E-state index in [1.165, 1.54) is 6.07 Å². The van der Waals surface area contributed by atoms with Gasteiger partial charge in [-0.05, 0) is 29.3 Å². The van der Waals surface area contributed by atoms with Gasteiger partial charge in [0.15, 0.2) is 5.43 Å². The highest BCUT2D eigenvalue weighted by atomic mass is 16.1. The molecule has 0 saturated carbocycles. The van der Waals surface area contributed by atoms with E-state index in [-0.39, 0.29) is 5.43 Å². The molecule has 3 aromatic carbocycles. The Bertz CT molecular complexity index is 1710. The fourth-order valence-corrected chi connectivity index (χ4v) is 4.49. The molecular formula is C30H22N4O. The van der Waals surface area contributed by atoms with Crippen molar-refractivity contribution in [3.8, 4) is 44.9 Å². The topological polar surface area (TPSA) is 63.6 Å². The lowest BCUT2D eigenvalue weighted by atomic mass is 10.00. The molecule has 0 amide bonds. The van der Waals surface area contributed by atoms with Crippen molar-refractivity contribution in [2.75, 3.05) is 0 Å². The minimum absolute atomic E-state index is 0.0595. The second-order valence-corrected chi connectivity index (χ2v) is 8.47. The Kier molecular flexibility index (Phi) is 5.08. The summed E-state index contributed by atoms with van der Waals surface area (Å²) >= 11 is 0. The molecule has 0 saturated heterocycles. The minimum Gasteiger partial charge on any atom is -0.367 e. The molecule has 168 valence electrons. The Balaban J connectivity index is 1.42. The van der Waals surface area contributed by atoms with E-state index in [0.29, 0.717) is 11.4 Å². The van der Waals surface area contributed by atoms with Crippen molar-refractivity contribution in [2.45, 2.75) is 0 Å². The molecule has 3 aromatic heterocycles. The van der Waals surface area contributed by atoms with Crippen LogP contribution in [0.25, 0.3) is 55.9 Å². The molecule has 6 rings (SSSR count). The van der Waals surface area contributed by atoms with Gasteiger partial charge in [0.05, 0.1) is 22.3 Å². The van der Waals surface area contributed by atoms with Gasteiger partial charge in [-0.15, -0.1) is 0 Å². The van der Waals surface area contributed by atoms with Gasteiger partial charge in [-0.3, -0.25) is 9.78 Å². The van der Waals surface area contributed by atoms with E-state index < -0.39 is 0 Å². The van der Waals surface area contributed by atoms with Crippen LogP contribution in [0.2, 0.25) is 0 Å². The van der Waals surface area contributed by atoms with E-state index in [1.807, 2.05) is 54.2 Å². The largest absolute Gasteiger partial charge is 0.367 e. The number of aromatic nitrogens is 4. The maximum Gasteiger partial charge on any atom is 0.192 e. The average molecular weight is 455 g/mol. The number of para-hydroxylation sites is 1. The third kappa shape index (κ3) is 3.73. The zero-order valence-electron chi connectivity index (χ0n) is 19.1. The van der Waals surface area contributed by atoms with E-state index in [1.54, 1.807) is 12.4 Å². The lowest BCUT2D eigenvalue weighted by molar-refractivity contribution is 0.955. The van der Waals surface area contributed by atoms with Crippen LogP contribution in [0.15, 0.2) is 114 Å². The number of hydrogen-bond acceptors (Lipinski definition) is 3. The van der Waals surface area contributed by atoms with Crippen LogP contribution in [-0.2, 0) is 7.05 Å². The number of nitrogens with one attached hydrogen (secondary N) is 1. The Labute approximate surface area is 202 Å². The summed E-state index contributed by atoms with van der Waals surface area (Å²) in [5, 5.41) is 0. The summed E-state index contributed by atoms with van der Waals surface area (Å²) in [6.45, 7) is 0. The summed E-state index contributed by atoms with van der Waals surface area (Å²) in [6, 6.07) is 30.4. The number of pyridine rings is 2. The molecule has 0 aliphatic carbocycles. The van der Waals surface area contributed by atoms with E-state index in [2.05, 4.69) is 53.5 Å². The minimum atomic E-state index is -0.0595. The monoisotopic (exact) mass is 454 g/mol. The van der Waals surface area contributed by atoms with Gasteiger partial charge in [-0.1, -0.05) is 66.7 Å². The number of aryl methyl sites for hydroxylation is 1. The molecule has 0 bridgehead atoms. The summed E-state index contributed by atoms with van der Waals surface area (Å²) < 4.78 is 1.97. The molecule has 6 aromatic rings. The van der Waals surface area contributed by atoms with Crippen LogP contribution >= 0.6 is 0 Å². The lowest BCUT2D eigenvalue weighted by Gasteiger charge is -2.08. The molecule has 3 heterocycles. The molecular weight excluding hydrogens is 432 g/mol. The summed E-state index contributed by atoms with van der Waals surface area (Å²) in [5.41, 5.74) is 8.57. The highest BCUT2D eigenvalue weighted by molar-refractivity contribution is 5.95. The van der Waals surface area contributed by atoms with Gasteiger partial charge >= 0.3 is 0 Å². The van der Waals surface area contributed by atoms with Gasteiger partial charge < -0.3 is 9.55 Å². The molecule has 0 fully saturated rings. The molecule has 0 unspecified atom stereocenters. The first-order valence-electron chi connectivity index (χ1n) is 11.4. The average Bonchev–Trinajstić information content (AvgIpc) is 3.26. The summed E-state index contributed by atoms with van der Waals surface area (Å²) in [6.07, 6.45) is 5.25. The maximum atomic E-state index is 12.4. The number of fused-ring (bicyclic) bond motifs is 1. The third-order valence-electron chi connectivity index (χ3n) is 6.32. The first-order valence-corrected chi connectivity index (χ1v) is 11.4. The van der Waals surface area contributed by atoms with Gasteiger partial charge in [0.2, 0.25) is 0 Å². The Hall–Kier alpha value is -4.77. The van der Waals surface area contributed by atoms with Gasteiger partial charge in [-0.2, -0.15) is 0 Å². The molecule has 0 atom stereocenters. The van der Waals surface area contributed by atoms with Gasteiger partial charge in [-0.25, -0.2) is 4.98 Å². The van der Waals surface area contributed by atoms with Crippen LogP contribution < -0.4 is 5.43 Å². The van der Waals surface area contributed by atoms with Gasteiger partial charge in [0.25, 0.3) is 0 Å². The number of imidazole rings is 1.